The first kappa shape index (κ1) is 14.8. The molecule has 118 valence electrons. The van der Waals surface area contributed by atoms with Gasteiger partial charge in [-0.05, 0) is 50.2 Å². The van der Waals surface area contributed by atoms with E-state index in [4.69, 9.17) is 4.98 Å². The molecule has 0 radical (unpaired) electrons. The molecule has 4 rings (SSSR count). The van der Waals surface area contributed by atoms with Crippen LogP contribution in [0.15, 0.2) is 65.5 Å². The van der Waals surface area contributed by atoms with Crippen molar-refractivity contribution in [3.63, 3.8) is 0 Å². The topological polar surface area (TPSA) is 34.9 Å². The standard InChI is InChI=1S/C20H16N2OS/c1-13-8-10-17-16(12-13)20(23)22(15-6-4-3-5-7-15)19(21-17)18-11-9-14(2)24-18/h3-12H,1-2H3. The van der Waals surface area contributed by atoms with E-state index in [1.54, 1.807) is 15.9 Å². The van der Waals surface area contributed by atoms with E-state index in [0.29, 0.717) is 11.2 Å². The zero-order chi connectivity index (χ0) is 16.7. The van der Waals surface area contributed by atoms with E-state index in [2.05, 4.69) is 13.0 Å². The number of fused-ring (bicyclic) bond motifs is 1. The number of rotatable bonds is 2. The summed E-state index contributed by atoms with van der Waals surface area (Å²) in [4.78, 5) is 20.2. The van der Waals surface area contributed by atoms with Crippen molar-refractivity contribution in [1.82, 2.24) is 9.55 Å². The van der Waals surface area contributed by atoms with E-state index in [0.717, 1.165) is 21.6 Å². The first-order valence-electron chi connectivity index (χ1n) is 7.79. The minimum absolute atomic E-state index is 0.0315. The minimum atomic E-state index is -0.0315. The maximum Gasteiger partial charge on any atom is 0.266 e. The van der Waals surface area contributed by atoms with Crippen LogP contribution in [0.5, 0.6) is 0 Å². The number of thiophene rings is 1. The van der Waals surface area contributed by atoms with Crippen LogP contribution in [0.4, 0.5) is 0 Å². The van der Waals surface area contributed by atoms with Crippen molar-refractivity contribution in [2.24, 2.45) is 0 Å². The van der Waals surface area contributed by atoms with E-state index in [-0.39, 0.29) is 5.56 Å². The number of benzene rings is 2. The van der Waals surface area contributed by atoms with Gasteiger partial charge in [0.15, 0.2) is 5.82 Å². The Morgan fingerprint density at radius 2 is 1.75 bits per heavy atom. The highest BCUT2D eigenvalue weighted by atomic mass is 32.1. The molecule has 2 aromatic heterocycles. The smallest absolute Gasteiger partial charge is 0.266 e. The summed E-state index contributed by atoms with van der Waals surface area (Å²) in [5, 5.41) is 0.649. The Hall–Kier alpha value is -2.72. The average molecular weight is 332 g/mol. The van der Waals surface area contributed by atoms with Gasteiger partial charge in [0.1, 0.15) is 0 Å². The molecule has 0 bridgehead atoms. The molecule has 0 saturated carbocycles. The monoisotopic (exact) mass is 332 g/mol. The van der Waals surface area contributed by atoms with Crippen molar-refractivity contribution in [3.05, 3.63) is 81.5 Å². The van der Waals surface area contributed by atoms with Crippen LogP contribution < -0.4 is 5.56 Å². The Morgan fingerprint density at radius 1 is 0.958 bits per heavy atom. The second-order valence-corrected chi connectivity index (χ2v) is 7.13. The number of para-hydroxylation sites is 1. The van der Waals surface area contributed by atoms with Crippen molar-refractivity contribution in [2.75, 3.05) is 0 Å². The van der Waals surface area contributed by atoms with Crippen molar-refractivity contribution < 1.29 is 0 Å². The Labute approximate surface area is 143 Å². The number of hydrogen-bond acceptors (Lipinski definition) is 3. The molecule has 0 saturated heterocycles. The van der Waals surface area contributed by atoms with Crippen LogP contribution in [0.3, 0.4) is 0 Å². The summed E-state index contributed by atoms with van der Waals surface area (Å²) in [5.74, 6) is 0.695. The van der Waals surface area contributed by atoms with Gasteiger partial charge in [0.25, 0.3) is 5.56 Å². The largest absolute Gasteiger partial charge is 0.268 e. The summed E-state index contributed by atoms with van der Waals surface area (Å²) in [6.07, 6.45) is 0. The molecule has 0 aliphatic rings. The third kappa shape index (κ3) is 2.45. The maximum absolute atomic E-state index is 13.2. The molecular weight excluding hydrogens is 316 g/mol. The fourth-order valence-electron chi connectivity index (χ4n) is 2.84. The summed E-state index contributed by atoms with van der Waals surface area (Å²) < 4.78 is 1.72. The SMILES string of the molecule is Cc1ccc2nc(-c3ccc(C)s3)n(-c3ccccc3)c(=O)c2c1. The van der Waals surface area contributed by atoms with Crippen LogP contribution in [0.25, 0.3) is 27.3 Å². The predicted octanol–water partition coefficient (Wildman–Crippen LogP) is 4.73. The summed E-state index contributed by atoms with van der Waals surface area (Å²) >= 11 is 1.65. The fourth-order valence-corrected chi connectivity index (χ4v) is 3.68. The van der Waals surface area contributed by atoms with Gasteiger partial charge >= 0.3 is 0 Å². The van der Waals surface area contributed by atoms with Crippen molar-refractivity contribution >= 4 is 22.2 Å². The van der Waals surface area contributed by atoms with E-state index in [1.165, 1.54) is 4.88 Å². The van der Waals surface area contributed by atoms with E-state index >= 15 is 0 Å². The van der Waals surface area contributed by atoms with Gasteiger partial charge in [0.05, 0.1) is 21.5 Å². The number of nitrogens with zero attached hydrogens (tertiary/aromatic N) is 2. The lowest BCUT2D eigenvalue weighted by molar-refractivity contribution is 0.979. The highest BCUT2D eigenvalue weighted by Gasteiger charge is 2.15. The molecule has 4 aromatic rings. The van der Waals surface area contributed by atoms with E-state index in [1.807, 2.05) is 61.5 Å². The van der Waals surface area contributed by atoms with Gasteiger partial charge < -0.3 is 0 Å². The summed E-state index contributed by atoms with van der Waals surface area (Å²) in [6, 6.07) is 19.6. The van der Waals surface area contributed by atoms with Gasteiger partial charge in [-0.3, -0.25) is 9.36 Å². The maximum atomic E-state index is 13.2. The quantitative estimate of drug-likeness (QED) is 0.532. The van der Waals surface area contributed by atoms with Crippen LogP contribution in [0.1, 0.15) is 10.4 Å². The summed E-state index contributed by atoms with van der Waals surface area (Å²) in [7, 11) is 0. The second-order valence-electron chi connectivity index (χ2n) is 5.84. The van der Waals surface area contributed by atoms with Gasteiger partial charge in [0.2, 0.25) is 0 Å². The molecule has 24 heavy (non-hydrogen) atoms. The van der Waals surface area contributed by atoms with Gasteiger partial charge in [-0.15, -0.1) is 11.3 Å². The Balaban J connectivity index is 2.13. The lowest BCUT2D eigenvalue weighted by Crippen LogP contribution is -2.21. The van der Waals surface area contributed by atoms with Crippen molar-refractivity contribution in [3.8, 4) is 16.4 Å². The first-order chi connectivity index (χ1) is 11.6. The molecule has 2 heterocycles. The lowest BCUT2D eigenvalue weighted by Gasteiger charge is -2.13. The van der Waals surface area contributed by atoms with Crippen LogP contribution in [0.2, 0.25) is 0 Å². The highest BCUT2D eigenvalue weighted by Crippen LogP contribution is 2.28. The molecule has 0 aliphatic heterocycles. The summed E-state index contributed by atoms with van der Waals surface area (Å²) in [5.41, 5.74) is 2.59. The molecule has 0 atom stereocenters. The molecule has 0 aliphatic carbocycles. The first-order valence-corrected chi connectivity index (χ1v) is 8.61. The normalized spacial score (nSPS) is 11.1. The summed E-state index contributed by atoms with van der Waals surface area (Å²) in [6.45, 7) is 4.05. The Morgan fingerprint density at radius 3 is 2.46 bits per heavy atom. The van der Waals surface area contributed by atoms with Crippen LogP contribution >= 0.6 is 11.3 Å². The van der Waals surface area contributed by atoms with E-state index < -0.39 is 0 Å². The molecule has 0 fully saturated rings. The number of aromatic nitrogens is 2. The number of aryl methyl sites for hydroxylation is 2. The molecular formula is C20H16N2OS. The molecule has 0 unspecified atom stereocenters. The molecule has 2 aromatic carbocycles. The molecule has 0 spiro atoms. The van der Waals surface area contributed by atoms with Crippen LogP contribution in [-0.4, -0.2) is 9.55 Å². The molecule has 0 N–H and O–H groups in total. The van der Waals surface area contributed by atoms with Gasteiger partial charge in [-0.25, -0.2) is 4.98 Å². The van der Waals surface area contributed by atoms with Crippen LogP contribution in [-0.2, 0) is 0 Å². The predicted molar refractivity (Wildman–Crippen MR) is 100 cm³/mol. The third-order valence-electron chi connectivity index (χ3n) is 4.00. The van der Waals surface area contributed by atoms with Crippen molar-refractivity contribution in [2.45, 2.75) is 13.8 Å². The zero-order valence-corrected chi connectivity index (χ0v) is 14.3. The fraction of sp³-hybridized carbons (Fsp3) is 0.100. The second kappa shape index (κ2) is 5.73. The number of hydrogen-bond donors (Lipinski definition) is 0. The third-order valence-corrected chi connectivity index (χ3v) is 5.00. The van der Waals surface area contributed by atoms with Gasteiger partial charge in [-0.1, -0.05) is 29.8 Å². The highest BCUT2D eigenvalue weighted by molar-refractivity contribution is 7.15. The Kier molecular flexibility index (Phi) is 3.54. The average Bonchev–Trinajstić information content (AvgIpc) is 3.02. The van der Waals surface area contributed by atoms with Crippen LogP contribution in [0, 0.1) is 13.8 Å². The van der Waals surface area contributed by atoms with E-state index in [9.17, 15) is 4.79 Å². The minimum Gasteiger partial charge on any atom is -0.268 e. The van der Waals surface area contributed by atoms with Crippen molar-refractivity contribution in [1.29, 1.82) is 0 Å². The van der Waals surface area contributed by atoms with Gasteiger partial charge in [0, 0.05) is 4.88 Å². The molecule has 0 amide bonds. The zero-order valence-electron chi connectivity index (χ0n) is 13.5. The van der Waals surface area contributed by atoms with Gasteiger partial charge in [-0.2, -0.15) is 0 Å². The molecule has 4 heteroatoms. The Bertz CT molecular complexity index is 1090. The molecule has 3 nitrogen and oxygen atoms in total. The lowest BCUT2D eigenvalue weighted by atomic mass is 10.1.